The summed E-state index contributed by atoms with van der Waals surface area (Å²) in [5.41, 5.74) is 2.77. The molecule has 3 aromatic heterocycles. The van der Waals surface area contributed by atoms with Crippen LogP contribution in [0, 0.1) is 13.8 Å². The molecule has 0 aliphatic carbocycles. The molecule has 10 heteroatoms. The molecule has 0 spiro atoms. The molecule has 32 heavy (non-hydrogen) atoms. The van der Waals surface area contributed by atoms with Gasteiger partial charge < -0.3 is 10.3 Å². The molecule has 0 radical (unpaired) electrons. The maximum absolute atomic E-state index is 12.7. The van der Waals surface area contributed by atoms with Crippen molar-refractivity contribution in [1.29, 1.82) is 0 Å². The maximum Gasteiger partial charge on any atom is 0.259 e. The molecular weight excluding hydrogens is 444 g/mol. The first kappa shape index (κ1) is 22.2. The van der Waals surface area contributed by atoms with Gasteiger partial charge in [0.25, 0.3) is 5.56 Å². The Hall–Kier alpha value is -2.98. The Bertz CT molecular complexity index is 1290. The first-order valence-corrected chi connectivity index (χ1v) is 12.1. The number of aromatic amines is 1. The summed E-state index contributed by atoms with van der Waals surface area (Å²) in [6.45, 7) is 7.74. The number of hydrogen-bond acceptors (Lipinski definition) is 7. The van der Waals surface area contributed by atoms with Gasteiger partial charge in [-0.25, -0.2) is 14.6 Å². The SMILES string of the molecule is Cc1sc2nc(CSC(C)C(=O)NC(C)c3ccc(-n4cncn4)cc3)[nH]c(=O)c2c1C. The molecule has 2 atom stereocenters. The minimum Gasteiger partial charge on any atom is -0.349 e. The van der Waals surface area contributed by atoms with E-state index in [1.54, 1.807) is 11.0 Å². The molecule has 4 aromatic rings. The van der Waals surface area contributed by atoms with Crippen molar-refractivity contribution in [3.05, 3.63) is 69.1 Å². The van der Waals surface area contributed by atoms with Crippen molar-refractivity contribution >= 4 is 39.2 Å². The monoisotopic (exact) mass is 468 g/mol. The summed E-state index contributed by atoms with van der Waals surface area (Å²) in [5.74, 6) is 0.982. The summed E-state index contributed by atoms with van der Waals surface area (Å²) in [5, 5.41) is 7.54. The van der Waals surface area contributed by atoms with Crippen LogP contribution in [0.3, 0.4) is 0 Å². The van der Waals surface area contributed by atoms with E-state index in [1.165, 1.54) is 29.4 Å². The van der Waals surface area contributed by atoms with E-state index in [0.29, 0.717) is 17.0 Å². The summed E-state index contributed by atoms with van der Waals surface area (Å²) in [7, 11) is 0. The highest BCUT2D eigenvalue weighted by Crippen LogP contribution is 2.26. The van der Waals surface area contributed by atoms with Crippen LogP contribution >= 0.6 is 23.1 Å². The number of fused-ring (bicyclic) bond motifs is 1. The lowest BCUT2D eigenvalue weighted by Crippen LogP contribution is -2.33. The molecule has 0 aliphatic rings. The summed E-state index contributed by atoms with van der Waals surface area (Å²) in [6, 6.07) is 7.68. The number of carbonyl (C=O) groups excluding carboxylic acids is 1. The number of thiophene rings is 1. The highest BCUT2D eigenvalue weighted by molar-refractivity contribution is 7.99. The molecule has 8 nitrogen and oxygen atoms in total. The van der Waals surface area contributed by atoms with E-state index in [-0.39, 0.29) is 22.8 Å². The van der Waals surface area contributed by atoms with Crippen LogP contribution in [0.15, 0.2) is 41.7 Å². The van der Waals surface area contributed by atoms with Gasteiger partial charge in [-0.15, -0.1) is 23.1 Å². The van der Waals surface area contributed by atoms with E-state index in [4.69, 9.17) is 0 Å². The van der Waals surface area contributed by atoms with Crippen molar-refractivity contribution in [2.45, 2.75) is 44.7 Å². The van der Waals surface area contributed by atoms with Gasteiger partial charge in [-0.2, -0.15) is 5.10 Å². The van der Waals surface area contributed by atoms with Crippen molar-refractivity contribution in [1.82, 2.24) is 30.0 Å². The van der Waals surface area contributed by atoms with E-state index in [2.05, 4.69) is 25.4 Å². The lowest BCUT2D eigenvalue weighted by atomic mass is 10.1. The van der Waals surface area contributed by atoms with Crippen LogP contribution in [0.2, 0.25) is 0 Å². The standard InChI is InChI=1S/C22H24N6O2S2/c1-12-14(3)32-22-19(12)21(30)26-18(27-22)9-31-15(4)20(29)25-13(2)16-5-7-17(8-6-16)28-11-23-10-24-28/h5-8,10-11,13,15H,9H2,1-4H3,(H,25,29)(H,26,27,30). The fraction of sp³-hybridized carbons (Fsp3) is 0.318. The molecule has 0 saturated heterocycles. The van der Waals surface area contributed by atoms with Gasteiger partial charge in [-0.3, -0.25) is 9.59 Å². The van der Waals surface area contributed by atoms with Gasteiger partial charge in [-0.1, -0.05) is 12.1 Å². The smallest absolute Gasteiger partial charge is 0.259 e. The predicted molar refractivity (Wildman–Crippen MR) is 128 cm³/mol. The van der Waals surface area contributed by atoms with Gasteiger partial charge in [0.05, 0.1) is 28.1 Å². The van der Waals surface area contributed by atoms with Crippen molar-refractivity contribution in [3.8, 4) is 5.69 Å². The van der Waals surface area contributed by atoms with Gasteiger partial charge in [0.15, 0.2) is 0 Å². The Kier molecular flexibility index (Phi) is 6.43. The van der Waals surface area contributed by atoms with Crippen LogP contribution in [0.25, 0.3) is 15.9 Å². The highest BCUT2D eigenvalue weighted by Gasteiger charge is 2.18. The maximum atomic E-state index is 12.7. The van der Waals surface area contributed by atoms with Crippen LogP contribution in [0.1, 0.15) is 41.7 Å². The number of carbonyl (C=O) groups is 1. The second-order valence-electron chi connectivity index (χ2n) is 7.59. The van der Waals surface area contributed by atoms with Crippen LogP contribution in [-0.2, 0) is 10.5 Å². The summed E-state index contributed by atoms with van der Waals surface area (Å²) in [6.07, 6.45) is 3.13. The van der Waals surface area contributed by atoms with Crippen molar-refractivity contribution in [2.24, 2.45) is 0 Å². The molecule has 3 heterocycles. The Morgan fingerprint density at radius 3 is 2.69 bits per heavy atom. The lowest BCUT2D eigenvalue weighted by Gasteiger charge is -2.18. The molecule has 4 rings (SSSR count). The van der Waals surface area contributed by atoms with Crippen LogP contribution in [0.5, 0.6) is 0 Å². The number of thioether (sulfide) groups is 1. The van der Waals surface area contributed by atoms with E-state index in [0.717, 1.165) is 26.5 Å². The van der Waals surface area contributed by atoms with E-state index < -0.39 is 0 Å². The minimum absolute atomic E-state index is 0.0610. The number of aromatic nitrogens is 5. The Balaban J connectivity index is 1.35. The molecule has 1 aromatic carbocycles. The third-order valence-electron chi connectivity index (χ3n) is 5.36. The van der Waals surface area contributed by atoms with Crippen LogP contribution in [0.4, 0.5) is 0 Å². The zero-order valence-electron chi connectivity index (χ0n) is 18.2. The molecule has 1 amide bonds. The summed E-state index contributed by atoms with van der Waals surface area (Å²) in [4.78, 5) is 38.3. The highest BCUT2D eigenvalue weighted by atomic mass is 32.2. The number of H-pyrrole nitrogens is 1. The van der Waals surface area contributed by atoms with Gasteiger partial charge in [0.2, 0.25) is 5.91 Å². The fourth-order valence-corrected chi connectivity index (χ4v) is 5.13. The first-order valence-electron chi connectivity index (χ1n) is 10.2. The van der Waals surface area contributed by atoms with Crippen molar-refractivity contribution < 1.29 is 4.79 Å². The number of aryl methyl sites for hydroxylation is 2. The molecule has 0 fully saturated rings. The van der Waals surface area contributed by atoms with Crippen LogP contribution in [-0.4, -0.2) is 35.9 Å². The molecular formula is C22H24N6O2S2. The molecule has 0 aliphatic heterocycles. The zero-order chi connectivity index (χ0) is 22.8. The molecule has 0 bridgehead atoms. The second kappa shape index (κ2) is 9.25. The van der Waals surface area contributed by atoms with Gasteiger partial charge in [-0.05, 0) is 51.0 Å². The van der Waals surface area contributed by atoms with E-state index in [1.807, 2.05) is 52.0 Å². The van der Waals surface area contributed by atoms with E-state index in [9.17, 15) is 9.59 Å². The lowest BCUT2D eigenvalue weighted by molar-refractivity contribution is -0.120. The average molecular weight is 469 g/mol. The molecule has 0 saturated carbocycles. The Labute approximate surface area is 193 Å². The molecule has 166 valence electrons. The number of nitrogens with one attached hydrogen (secondary N) is 2. The van der Waals surface area contributed by atoms with E-state index >= 15 is 0 Å². The van der Waals surface area contributed by atoms with Crippen molar-refractivity contribution in [2.75, 3.05) is 0 Å². The summed E-state index contributed by atoms with van der Waals surface area (Å²) >= 11 is 2.97. The Morgan fingerprint density at radius 2 is 2.00 bits per heavy atom. The Morgan fingerprint density at radius 1 is 1.25 bits per heavy atom. The normalized spacial score (nSPS) is 13.2. The molecule has 2 unspecified atom stereocenters. The number of rotatable bonds is 7. The zero-order valence-corrected chi connectivity index (χ0v) is 19.9. The van der Waals surface area contributed by atoms with Gasteiger partial charge in [0, 0.05) is 4.88 Å². The number of amides is 1. The average Bonchev–Trinajstić information content (AvgIpc) is 3.41. The number of nitrogens with zero attached hydrogens (tertiary/aromatic N) is 4. The first-order chi connectivity index (χ1) is 15.3. The third-order valence-corrected chi connectivity index (χ3v) is 7.62. The number of benzene rings is 1. The largest absolute Gasteiger partial charge is 0.349 e. The predicted octanol–water partition coefficient (Wildman–Crippen LogP) is 3.68. The third kappa shape index (κ3) is 4.61. The topological polar surface area (TPSA) is 106 Å². The fourth-order valence-electron chi connectivity index (χ4n) is 3.32. The number of hydrogen-bond donors (Lipinski definition) is 2. The second-order valence-corrected chi connectivity index (χ2v) is 10.1. The quantitative estimate of drug-likeness (QED) is 0.429. The minimum atomic E-state index is -0.292. The summed E-state index contributed by atoms with van der Waals surface area (Å²) < 4.78 is 1.68. The molecule has 2 N–H and O–H groups in total. The van der Waals surface area contributed by atoms with Crippen molar-refractivity contribution in [3.63, 3.8) is 0 Å². The van der Waals surface area contributed by atoms with Gasteiger partial charge >= 0.3 is 0 Å². The van der Waals surface area contributed by atoms with Gasteiger partial charge in [0.1, 0.15) is 23.3 Å². The van der Waals surface area contributed by atoms with Crippen LogP contribution < -0.4 is 10.9 Å².